The molecule has 1 aliphatic rings. The Labute approximate surface area is 146 Å². The molecule has 0 aliphatic carbocycles. The van der Waals surface area contributed by atoms with Crippen molar-refractivity contribution in [1.82, 2.24) is 4.31 Å². The summed E-state index contributed by atoms with van der Waals surface area (Å²) >= 11 is 0. The summed E-state index contributed by atoms with van der Waals surface area (Å²) in [5.41, 5.74) is 1.27. The van der Waals surface area contributed by atoms with E-state index < -0.39 is 27.8 Å². The van der Waals surface area contributed by atoms with Gasteiger partial charge in [0, 0.05) is 12.2 Å². The summed E-state index contributed by atoms with van der Waals surface area (Å²) in [7, 11) is -3.75. The fourth-order valence-electron chi connectivity index (χ4n) is 2.93. The van der Waals surface area contributed by atoms with Crippen molar-refractivity contribution < 1.29 is 17.6 Å². The lowest BCUT2D eigenvalue weighted by atomic mass is 10.2. The summed E-state index contributed by atoms with van der Waals surface area (Å²) < 4.78 is 40.2. The zero-order valence-electron chi connectivity index (χ0n) is 13.8. The van der Waals surface area contributed by atoms with Crippen LogP contribution in [-0.2, 0) is 14.8 Å². The fraction of sp³-hybridized carbons (Fsp3) is 0.278. The molecule has 0 bridgehead atoms. The van der Waals surface area contributed by atoms with Crippen LogP contribution in [0.2, 0.25) is 0 Å². The van der Waals surface area contributed by atoms with Crippen molar-refractivity contribution >= 4 is 21.6 Å². The number of aryl methyl sites for hydroxylation is 1. The summed E-state index contributed by atoms with van der Waals surface area (Å²) in [6.07, 6.45) is 1.04. The van der Waals surface area contributed by atoms with Gasteiger partial charge in [0.15, 0.2) is 0 Å². The van der Waals surface area contributed by atoms with Crippen LogP contribution in [0.15, 0.2) is 53.4 Å². The molecule has 0 aromatic heterocycles. The number of hydrogen-bond donors (Lipinski definition) is 1. The Kier molecular flexibility index (Phi) is 4.87. The van der Waals surface area contributed by atoms with Crippen molar-refractivity contribution in [3.05, 3.63) is 59.9 Å². The highest BCUT2D eigenvalue weighted by atomic mass is 32.2. The highest BCUT2D eigenvalue weighted by Gasteiger charge is 2.39. The first-order valence-corrected chi connectivity index (χ1v) is 9.47. The van der Waals surface area contributed by atoms with Gasteiger partial charge in [-0.2, -0.15) is 4.31 Å². The number of benzene rings is 2. The molecule has 5 nitrogen and oxygen atoms in total. The number of halogens is 1. The number of amides is 1. The lowest BCUT2D eigenvalue weighted by Gasteiger charge is -2.23. The van der Waals surface area contributed by atoms with Crippen LogP contribution in [0.5, 0.6) is 0 Å². The van der Waals surface area contributed by atoms with Crippen LogP contribution in [-0.4, -0.2) is 31.2 Å². The molecule has 0 spiro atoms. The van der Waals surface area contributed by atoms with Crippen LogP contribution < -0.4 is 5.32 Å². The molecular weight excluding hydrogens is 343 g/mol. The molecule has 0 radical (unpaired) electrons. The first-order valence-electron chi connectivity index (χ1n) is 8.03. The lowest BCUT2D eigenvalue weighted by Crippen LogP contribution is -2.43. The van der Waals surface area contributed by atoms with E-state index in [4.69, 9.17) is 0 Å². The Hall–Kier alpha value is -2.25. The Morgan fingerprint density at radius 3 is 2.60 bits per heavy atom. The van der Waals surface area contributed by atoms with E-state index in [1.54, 1.807) is 30.3 Å². The monoisotopic (exact) mass is 362 g/mol. The third kappa shape index (κ3) is 3.72. The molecule has 2 aromatic rings. The summed E-state index contributed by atoms with van der Waals surface area (Å²) in [5, 5.41) is 2.60. The number of rotatable bonds is 4. The van der Waals surface area contributed by atoms with Crippen molar-refractivity contribution in [3.63, 3.8) is 0 Å². The molecule has 1 fully saturated rings. The maximum atomic E-state index is 13.3. The molecule has 1 amide bonds. The molecule has 25 heavy (non-hydrogen) atoms. The molecule has 2 aromatic carbocycles. The molecule has 0 saturated carbocycles. The van der Waals surface area contributed by atoms with Crippen LogP contribution in [0.1, 0.15) is 18.4 Å². The van der Waals surface area contributed by atoms with E-state index in [1.807, 2.05) is 6.92 Å². The standard InChI is InChI=1S/C18H19FN2O3S/c1-13-7-9-16(10-8-13)25(23,24)21-11-3-6-17(21)18(22)20-15-5-2-4-14(19)12-15/h2,4-5,7-10,12,17H,3,6,11H2,1H3,(H,20,22). The highest BCUT2D eigenvalue weighted by molar-refractivity contribution is 7.89. The minimum Gasteiger partial charge on any atom is -0.325 e. The van der Waals surface area contributed by atoms with Crippen LogP contribution in [0.25, 0.3) is 0 Å². The van der Waals surface area contributed by atoms with E-state index in [-0.39, 0.29) is 11.4 Å². The second-order valence-corrected chi connectivity index (χ2v) is 7.98. The molecule has 1 saturated heterocycles. The molecular formula is C18H19FN2O3S. The Morgan fingerprint density at radius 2 is 1.92 bits per heavy atom. The fourth-order valence-corrected chi connectivity index (χ4v) is 4.58. The second-order valence-electron chi connectivity index (χ2n) is 6.09. The molecule has 1 N–H and O–H groups in total. The van der Waals surface area contributed by atoms with Gasteiger partial charge in [0.25, 0.3) is 0 Å². The molecule has 1 heterocycles. The quantitative estimate of drug-likeness (QED) is 0.909. The van der Waals surface area contributed by atoms with Crippen LogP contribution >= 0.6 is 0 Å². The van der Waals surface area contributed by atoms with Crippen molar-refractivity contribution in [3.8, 4) is 0 Å². The average molecular weight is 362 g/mol. The normalized spacial score (nSPS) is 18.2. The van der Waals surface area contributed by atoms with E-state index in [1.165, 1.54) is 22.5 Å². The van der Waals surface area contributed by atoms with E-state index in [9.17, 15) is 17.6 Å². The minimum atomic E-state index is -3.75. The van der Waals surface area contributed by atoms with Gasteiger partial charge in [-0.05, 0) is 50.1 Å². The molecule has 132 valence electrons. The predicted molar refractivity (Wildman–Crippen MR) is 93.1 cm³/mol. The Morgan fingerprint density at radius 1 is 1.20 bits per heavy atom. The molecule has 7 heteroatoms. The third-order valence-corrected chi connectivity index (χ3v) is 6.15. The SMILES string of the molecule is Cc1ccc(S(=O)(=O)N2CCCC2C(=O)Nc2cccc(F)c2)cc1. The van der Waals surface area contributed by atoms with Gasteiger partial charge >= 0.3 is 0 Å². The van der Waals surface area contributed by atoms with Gasteiger partial charge in [-0.25, -0.2) is 12.8 Å². The van der Waals surface area contributed by atoms with Gasteiger partial charge in [0.1, 0.15) is 11.9 Å². The van der Waals surface area contributed by atoms with Gasteiger partial charge in [-0.15, -0.1) is 0 Å². The first-order chi connectivity index (χ1) is 11.9. The topological polar surface area (TPSA) is 66.5 Å². The molecule has 1 atom stereocenters. The number of nitrogens with one attached hydrogen (secondary N) is 1. The molecule has 1 unspecified atom stereocenters. The first kappa shape index (κ1) is 17.6. The second kappa shape index (κ2) is 6.93. The van der Waals surface area contributed by atoms with Gasteiger partial charge in [-0.3, -0.25) is 4.79 Å². The van der Waals surface area contributed by atoms with Gasteiger partial charge in [-0.1, -0.05) is 23.8 Å². The summed E-state index contributed by atoms with van der Waals surface area (Å²) in [6, 6.07) is 11.3. The highest BCUT2D eigenvalue weighted by Crippen LogP contribution is 2.27. The van der Waals surface area contributed by atoms with Gasteiger partial charge in [0.2, 0.25) is 15.9 Å². The number of anilines is 1. The molecule has 3 rings (SSSR count). The number of hydrogen-bond acceptors (Lipinski definition) is 3. The van der Waals surface area contributed by atoms with Crippen molar-refractivity contribution in [2.75, 3.05) is 11.9 Å². The maximum absolute atomic E-state index is 13.3. The number of sulfonamides is 1. The maximum Gasteiger partial charge on any atom is 0.243 e. The van der Waals surface area contributed by atoms with Crippen molar-refractivity contribution in [2.45, 2.75) is 30.7 Å². The zero-order valence-corrected chi connectivity index (χ0v) is 14.6. The van der Waals surface area contributed by atoms with Crippen LogP contribution in [0.4, 0.5) is 10.1 Å². The van der Waals surface area contributed by atoms with E-state index >= 15 is 0 Å². The minimum absolute atomic E-state index is 0.170. The number of carbonyl (C=O) groups excluding carboxylic acids is 1. The van der Waals surface area contributed by atoms with Crippen LogP contribution in [0, 0.1) is 12.7 Å². The largest absolute Gasteiger partial charge is 0.325 e. The van der Waals surface area contributed by atoms with E-state index in [2.05, 4.69) is 5.32 Å². The van der Waals surface area contributed by atoms with Gasteiger partial charge < -0.3 is 5.32 Å². The lowest BCUT2D eigenvalue weighted by molar-refractivity contribution is -0.119. The third-order valence-electron chi connectivity index (χ3n) is 4.23. The summed E-state index contributed by atoms with van der Waals surface area (Å²) in [5.74, 6) is -0.910. The number of carbonyl (C=O) groups is 1. The number of nitrogens with zero attached hydrogens (tertiary/aromatic N) is 1. The van der Waals surface area contributed by atoms with Crippen molar-refractivity contribution in [1.29, 1.82) is 0 Å². The average Bonchev–Trinajstić information content (AvgIpc) is 3.06. The van der Waals surface area contributed by atoms with E-state index in [0.717, 1.165) is 5.56 Å². The van der Waals surface area contributed by atoms with Gasteiger partial charge in [0.05, 0.1) is 4.90 Å². The van der Waals surface area contributed by atoms with Crippen molar-refractivity contribution in [2.24, 2.45) is 0 Å². The summed E-state index contributed by atoms with van der Waals surface area (Å²) in [6.45, 7) is 2.17. The summed E-state index contributed by atoms with van der Waals surface area (Å²) in [4.78, 5) is 12.7. The molecule has 1 aliphatic heterocycles. The zero-order chi connectivity index (χ0) is 18.0. The predicted octanol–water partition coefficient (Wildman–Crippen LogP) is 2.93. The van der Waals surface area contributed by atoms with Crippen LogP contribution in [0.3, 0.4) is 0 Å². The Bertz CT molecular complexity index is 881. The Balaban J connectivity index is 1.82. The van der Waals surface area contributed by atoms with E-state index in [0.29, 0.717) is 18.5 Å². The smallest absolute Gasteiger partial charge is 0.243 e.